The molecule has 0 unspecified atom stereocenters. The summed E-state index contributed by atoms with van der Waals surface area (Å²) in [6, 6.07) is -1.14. The molecule has 1 aliphatic rings. The Hall–Kier alpha value is -2.20. The number of nitrogens with zero attached hydrogens (tertiary/aromatic N) is 4. The number of aliphatic hydroxyl groups excluding tert-OH is 2. The van der Waals surface area contributed by atoms with Crippen molar-refractivity contribution in [3.05, 3.63) is 43.3 Å². The zero-order valence-corrected chi connectivity index (χ0v) is 9.88. The molecule has 0 amide bonds. The number of ether oxygens (including phenoxy) is 1. The zero-order valence-electron chi connectivity index (χ0n) is 9.88. The summed E-state index contributed by atoms with van der Waals surface area (Å²) in [5, 5.41) is 22.3. The van der Waals surface area contributed by atoms with E-state index in [0.29, 0.717) is 10.8 Å². The van der Waals surface area contributed by atoms with Crippen LogP contribution in [-0.2, 0) is 4.74 Å². The molecule has 108 valence electrons. The van der Waals surface area contributed by atoms with Crippen molar-refractivity contribution in [2.75, 3.05) is 6.61 Å². The van der Waals surface area contributed by atoms with Gasteiger partial charge in [-0.3, -0.25) is 14.3 Å². The minimum Gasteiger partial charge on any atom is -0.394 e. The summed E-state index contributed by atoms with van der Waals surface area (Å²) in [7, 11) is 0. The predicted molar refractivity (Wildman–Crippen MR) is 61.2 cm³/mol. The lowest BCUT2D eigenvalue weighted by Crippen LogP contribution is -2.38. The van der Waals surface area contributed by atoms with Crippen LogP contribution < -0.4 is 11.2 Å². The van der Waals surface area contributed by atoms with Crippen LogP contribution in [0.1, 0.15) is 6.23 Å². The second kappa shape index (κ2) is 5.43. The van der Waals surface area contributed by atoms with E-state index in [9.17, 15) is 19.1 Å². The summed E-state index contributed by atoms with van der Waals surface area (Å²) in [5.74, 6) is -1.24. The van der Waals surface area contributed by atoms with Crippen LogP contribution in [0.2, 0.25) is 0 Å². The third-order valence-corrected chi connectivity index (χ3v) is 2.90. The number of aromatic nitrogens is 2. The first-order valence-electron chi connectivity index (χ1n) is 5.49. The van der Waals surface area contributed by atoms with Gasteiger partial charge in [0.2, 0.25) is 5.82 Å². The molecule has 1 fully saturated rings. The molecule has 1 aromatic rings. The lowest BCUT2D eigenvalue weighted by atomic mass is 10.1. The van der Waals surface area contributed by atoms with E-state index in [4.69, 9.17) is 15.4 Å². The monoisotopic (exact) mass is 287 g/mol. The van der Waals surface area contributed by atoms with Gasteiger partial charge in [-0.15, -0.1) is 0 Å². The average Bonchev–Trinajstić information content (AvgIpc) is 2.72. The van der Waals surface area contributed by atoms with Crippen LogP contribution in [0.5, 0.6) is 0 Å². The molecule has 11 heteroatoms. The van der Waals surface area contributed by atoms with Crippen molar-refractivity contribution in [3.63, 3.8) is 0 Å². The van der Waals surface area contributed by atoms with E-state index in [1.54, 1.807) is 4.98 Å². The van der Waals surface area contributed by atoms with Crippen LogP contribution >= 0.6 is 0 Å². The normalized spacial score (nSPS) is 29.1. The number of aromatic amines is 1. The zero-order chi connectivity index (χ0) is 14.9. The topological polar surface area (TPSA) is 153 Å². The van der Waals surface area contributed by atoms with Gasteiger partial charge in [0.25, 0.3) is 5.56 Å². The molecule has 4 atom stereocenters. The molecule has 0 saturated carbocycles. The second-order valence-corrected chi connectivity index (χ2v) is 4.08. The van der Waals surface area contributed by atoms with Gasteiger partial charge in [-0.25, -0.2) is 4.79 Å². The lowest BCUT2D eigenvalue weighted by molar-refractivity contribution is -0.0536. The predicted octanol–water partition coefficient (Wildman–Crippen LogP) is -1.39. The molecular weight excluding hydrogens is 277 g/mol. The lowest BCUT2D eigenvalue weighted by Gasteiger charge is -2.17. The number of halogens is 1. The number of rotatable bonds is 3. The van der Waals surface area contributed by atoms with Crippen molar-refractivity contribution < 1.29 is 19.3 Å². The Morgan fingerprint density at radius 2 is 2.30 bits per heavy atom. The third-order valence-electron chi connectivity index (χ3n) is 2.90. The molecule has 1 saturated heterocycles. The van der Waals surface area contributed by atoms with E-state index in [0.717, 1.165) is 0 Å². The molecule has 0 bridgehead atoms. The van der Waals surface area contributed by atoms with E-state index in [2.05, 4.69) is 10.0 Å². The van der Waals surface area contributed by atoms with Gasteiger partial charge in [0.15, 0.2) is 6.23 Å². The highest BCUT2D eigenvalue weighted by Gasteiger charge is 2.44. The number of H-pyrrole nitrogens is 1. The molecule has 10 nitrogen and oxygen atoms in total. The summed E-state index contributed by atoms with van der Waals surface area (Å²) in [6.45, 7) is -0.572. The van der Waals surface area contributed by atoms with Gasteiger partial charge in [-0.1, -0.05) is 5.11 Å². The first-order chi connectivity index (χ1) is 9.49. The summed E-state index contributed by atoms with van der Waals surface area (Å²) in [6.07, 6.45) is -3.34. The van der Waals surface area contributed by atoms with Crippen LogP contribution in [0.3, 0.4) is 0 Å². The van der Waals surface area contributed by atoms with E-state index in [-0.39, 0.29) is 0 Å². The van der Waals surface area contributed by atoms with Gasteiger partial charge in [0.1, 0.15) is 6.10 Å². The molecule has 2 rings (SSSR count). The first-order valence-corrected chi connectivity index (χ1v) is 5.49. The summed E-state index contributed by atoms with van der Waals surface area (Å²) < 4.78 is 19.0. The van der Waals surface area contributed by atoms with Crippen molar-refractivity contribution in [2.24, 2.45) is 5.11 Å². The molecule has 0 radical (unpaired) electrons. The molecular formula is C9H10FN5O5. The van der Waals surface area contributed by atoms with Gasteiger partial charge in [-0.05, 0) is 5.53 Å². The number of azide groups is 1. The SMILES string of the molecule is [N-]=[N+]=N[C@@H]1[C@H](O)[C@@H](n2cc(F)c(=O)[nH]c2=O)O[C@@H]1CO. The van der Waals surface area contributed by atoms with Crippen molar-refractivity contribution in [1.82, 2.24) is 9.55 Å². The highest BCUT2D eigenvalue weighted by molar-refractivity contribution is 4.97. The Morgan fingerprint density at radius 1 is 1.60 bits per heavy atom. The smallest absolute Gasteiger partial charge is 0.330 e. The third kappa shape index (κ3) is 2.30. The molecule has 1 aromatic heterocycles. The van der Waals surface area contributed by atoms with Gasteiger partial charge in [0.05, 0.1) is 24.9 Å². The molecule has 2 heterocycles. The first kappa shape index (κ1) is 14.2. The van der Waals surface area contributed by atoms with Crippen molar-refractivity contribution in [3.8, 4) is 0 Å². The fourth-order valence-corrected chi connectivity index (χ4v) is 1.96. The standard InChI is InChI=1S/C9H10FN5O5/c10-3-1-15(9(19)12-7(3)18)8-6(17)5(13-14-11)4(2-16)20-8/h1,4-6,8,16-17H,2H2,(H,12,18,19)/t4-,5+,6+,8+/m1/s1. The maximum Gasteiger partial charge on any atom is 0.330 e. The largest absolute Gasteiger partial charge is 0.394 e. The Kier molecular flexibility index (Phi) is 3.86. The Bertz CT molecular complexity index is 665. The number of aliphatic hydroxyl groups is 2. The molecule has 0 aliphatic carbocycles. The molecule has 3 N–H and O–H groups in total. The highest BCUT2D eigenvalue weighted by Crippen LogP contribution is 2.30. The van der Waals surface area contributed by atoms with Crippen LogP contribution in [0, 0.1) is 5.82 Å². The Morgan fingerprint density at radius 3 is 2.90 bits per heavy atom. The van der Waals surface area contributed by atoms with Gasteiger partial charge >= 0.3 is 5.69 Å². The number of hydrogen-bond acceptors (Lipinski definition) is 6. The summed E-state index contributed by atoms with van der Waals surface area (Å²) in [4.78, 5) is 26.7. The molecule has 1 aliphatic heterocycles. The quantitative estimate of drug-likeness (QED) is 0.354. The Labute approximate surface area is 109 Å². The molecule has 0 aromatic carbocycles. The van der Waals surface area contributed by atoms with Gasteiger partial charge in [-0.2, -0.15) is 4.39 Å². The van der Waals surface area contributed by atoms with Gasteiger partial charge < -0.3 is 14.9 Å². The van der Waals surface area contributed by atoms with Crippen molar-refractivity contribution in [2.45, 2.75) is 24.5 Å². The maximum absolute atomic E-state index is 13.2. The second-order valence-electron chi connectivity index (χ2n) is 4.08. The van der Waals surface area contributed by atoms with E-state index >= 15 is 0 Å². The van der Waals surface area contributed by atoms with Crippen LogP contribution in [0.25, 0.3) is 10.4 Å². The van der Waals surface area contributed by atoms with E-state index < -0.39 is 48.2 Å². The van der Waals surface area contributed by atoms with E-state index in [1.165, 1.54) is 0 Å². The van der Waals surface area contributed by atoms with Gasteiger partial charge in [0, 0.05) is 4.91 Å². The fourth-order valence-electron chi connectivity index (χ4n) is 1.96. The van der Waals surface area contributed by atoms with Crippen LogP contribution in [-0.4, -0.2) is 44.6 Å². The fraction of sp³-hybridized carbons (Fsp3) is 0.556. The van der Waals surface area contributed by atoms with E-state index in [1.807, 2.05) is 0 Å². The molecule has 0 spiro atoms. The average molecular weight is 287 g/mol. The number of nitrogens with one attached hydrogen (secondary N) is 1. The van der Waals surface area contributed by atoms with Crippen molar-refractivity contribution in [1.29, 1.82) is 0 Å². The van der Waals surface area contributed by atoms with Crippen LogP contribution in [0.4, 0.5) is 4.39 Å². The number of hydrogen-bond donors (Lipinski definition) is 3. The minimum atomic E-state index is -1.48. The maximum atomic E-state index is 13.2. The van der Waals surface area contributed by atoms with Crippen LogP contribution in [0.15, 0.2) is 20.9 Å². The summed E-state index contributed by atoms with van der Waals surface area (Å²) >= 11 is 0. The Balaban J connectivity index is 2.44. The molecule has 20 heavy (non-hydrogen) atoms. The summed E-state index contributed by atoms with van der Waals surface area (Å²) in [5.41, 5.74) is 6.18. The highest BCUT2D eigenvalue weighted by atomic mass is 19.1. The minimum absolute atomic E-state index is 0.571. The van der Waals surface area contributed by atoms with Crippen molar-refractivity contribution >= 4 is 0 Å².